The Bertz CT molecular complexity index is 219. The lowest BCUT2D eigenvalue weighted by Crippen LogP contribution is -2.35. The van der Waals surface area contributed by atoms with Crippen LogP contribution in [0, 0.1) is 5.92 Å². The van der Waals surface area contributed by atoms with E-state index in [0.29, 0.717) is 5.04 Å². The summed E-state index contributed by atoms with van der Waals surface area (Å²) in [6, 6.07) is 0. The third-order valence-electron chi connectivity index (χ3n) is 4.09. The van der Waals surface area contributed by atoms with E-state index in [1.807, 2.05) is 0 Å². The van der Waals surface area contributed by atoms with Crippen LogP contribution in [0.3, 0.4) is 0 Å². The van der Waals surface area contributed by atoms with Gasteiger partial charge < -0.3 is 4.66 Å². The van der Waals surface area contributed by atoms with Gasteiger partial charge in [-0.05, 0) is 43.1 Å². The lowest BCUT2D eigenvalue weighted by atomic mass is 9.90. The maximum atomic E-state index is 4.96. The Balaban J connectivity index is 2.55. The lowest BCUT2D eigenvalue weighted by Gasteiger charge is -2.33. The van der Waals surface area contributed by atoms with E-state index in [0.717, 1.165) is 5.92 Å². The minimum atomic E-state index is -1.42. The molecule has 1 aliphatic carbocycles. The first kappa shape index (κ1) is 13.0. The number of hydrogen-bond donors (Lipinski definition) is 0. The fourth-order valence-electron chi connectivity index (χ4n) is 1.77. The molecule has 0 aromatic heterocycles. The molecule has 88 valence electrons. The molecule has 0 aromatic rings. The Morgan fingerprint density at radius 3 is 2.07 bits per heavy atom. The fraction of sp³-hybridized carbons (Fsp3) is 0.923. The van der Waals surface area contributed by atoms with Crippen molar-refractivity contribution in [3.63, 3.8) is 0 Å². The van der Waals surface area contributed by atoms with Crippen LogP contribution in [0.5, 0.6) is 0 Å². The lowest BCUT2D eigenvalue weighted by molar-refractivity contribution is 0.445. The monoisotopic (exact) mass is 225 g/mol. The maximum absolute atomic E-state index is 4.96. The Kier molecular flexibility index (Phi) is 4.16. The van der Waals surface area contributed by atoms with Gasteiger partial charge in [-0.1, -0.05) is 40.0 Å². The first-order chi connectivity index (χ1) is 6.83. The Morgan fingerprint density at radius 1 is 1.07 bits per heavy atom. The van der Waals surface area contributed by atoms with Gasteiger partial charge in [-0.15, -0.1) is 0 Å². The second-order valence-corrected chi connectivity index (χ2v) is 11.4. The first-order valence-electron chi connectivity index (χ1n) is 6.38. The molecule has 0 heterocycles. The van der Waals surface area contributed by atoms with Crippen molar-refractivity contribution in [3.8, 4) is 0 Å². The van der Waals surface area contributed by atoms with Crippen molar-refractivity contribution in [1.82, 2.24) is 0 Å². The van der Waals surface area contributed by atoms with Gasteiger partial charge in [0.05, 0.1) is 0 Å². The van der Waals surface area contributed by atoms with Crippen LogP contribution < -0.4 is 0 Å². The second kappa shape index (κ2) is 4.81. The average molecular weight is 225 g/mol. The summed E-state index contributed by atoms with van der Waals surface area (Å²) in [5.74, 6) is 0.785. The fourth-order valence-corrected chi connectivity index (χ4v) is 2.74. The standard InChI is InChI=1S/C13H27NSi/c1-13(2,3)15(4,5)14-11-12-9-7-6-8-10-12/h11-12H,6-10H2,1-5H3/b14-11+. The summed E-state index contributed by atoms with van der Waals surface area (Å²) in [6.07, 6.45) is 9.31. The van der Waals surface area contributed by atoms with E-state index in [1.54, 1.807) is 0 Å². The molecule has 2 heteroatoms. The molecule has 15 heavy (non-hydrogen) atoms. The van der Waals surface area contributed by atoms with Gasteiger partial charge in [-0.3, -0.25) is 0 Å². The summed E-state index contributed by atoms with van der Waals surface area (Å²) in [4.78, 5) is 0. The van der Waals surface area contributed by atoms with Crippen LogP contribution in [0.4, 0.5) is 0 Å². The molecule has 0 aromatic carbocycles. The van der Waals surface area contributed by atoms with Crippen molar-refractivity contribution >= 4 is 14.5 Å². The molecule has 1 saturated carbocycles. The summed E-state index contributed by atoms with van der Waals surface area (Å²) in [5, 5.41) is 0.387. The van der Waals surface area contributed by atoms with Crippen molar-refractivity contribution in [1.29, 1.82) is 0 Å². The van der Waals surface area contributed by atoms with Gasteiger partial charge in [-0.2, -0.15) is 0 Å². The zero-order valence-electron chi connectivity index (χ0n) is 11.1. The second-order valence-electron chi connectivity index (χ2n) is 6.49. The summed E-state index contributed by atoms with van der Waals surface area (Å²) < 4.78 is 4.96. The van der Waals surface area contributed by atoms with E-state index in [1.165, 1.54) is 32.1 Å². The van der Waals surface area contributed by atoms with Gasteiger partial charge in [0, 0.05) is 0 Å². The molecule has 0 amide bonds. The Hall–Kier alpha value is -0.113. The zero-order valence-corrected chi connectivity index (χ0v) is 12.1. The highest BCUT2D eigenvalue weighted by atomic mass is 28.3. The van der Waals surface area contributed by atoms with Gasteiger partial charge in [0.1, 0.15) is 0 Å². The van der Waals surface area contributed by atoms with E-state index in [2.05, 4.69) is 40.1 Å². The number of rotatable bonds is 2. The summed E-state index contributed by atoms with van der Waals surface area (Å²) in [7, 11) is -1.42. The molecular formula is C13H27NSi. The van der Waals surface area contributed by atoms with Crippen LogP contribution in [-0.2, 0) is 0 Å². The van der Waals surface area contributed by atoms with E-state index in [4.69, 9.17) is 4.66 Å². The molecule has 0 spiro atoms. The van der Waals surface area contributed by atoms with Crippen molar-refractivity contribution in [3.05, 3.63) is 0 Å². The topological polar surface area (TPSA) is 12.4 Å². The quantitative estimate of drug-likeness (QED) is 0.479. The van der Waals surface area contributed by atoms with Gasteiger partial charge in [0.15, 0.2) is 8.24 Å². The van der Waals surface area contributed by atoms with Crippen LogP contribution in [0.15, 0.2) is 4.66 Å². The van der Waals surface area contributed by atoms with Gasteiger partial charge in [-0.25, -0.2) is 0 Å². The molecule has 0 unspecified atom stereocenters. The van der Waals surface area contributed by atoms with Crippen LogP contribution in [0.25, 0.3) is 0 Å². The predicted octanol–water partition coefficient (Wildman–Crippen LogP) is 4.64. The highest BCUT2D eigenvalue weighted by Gasteiger charge is 2.35. The van der Waals surface area contributed by atoms with E-state index >= 15 is 0 Å². The van der Waals surface area contributed by atoms with Crippen LogP contribution >= 0.6 is 0 Å². The zero-order chi connectivity index (χ0) is 11.5. The largest absolute Gasteiger partial charge is 0.332 e. The molecule has 1 rings (SSSR count). The van der Waals surface area contributed by atoms with Crippen LogP contribution in [0.2, 0.25) is 18.1 Å². The highest BCUT2D eigenvalue weighted by molar-refractivity contribution is 6.79. The smallest absolute Gasteiger partial charge is 0.179 e. The molecular weight excluding hydrogens is 198 g/mol. The Morgan fingerprint density at radius 2 is 1.60 bits per heavy atom. The molecule has 0 saturated heterocycles. The van der Waals surface area contributed by atoms with E-state index in [-0.39, 0.29) is 0 Å². The minimum Gasteiger partial charge on any atom is -0.332 e. The van der Waals surface area contributed by atoms with Gasteiger partial charge >= 0.3 is 0 Å². The van der Waals surface area contributed by atoms with Gasteiger partial charge in [0.2, 0.25) is 0 Å². The van der Waals surface area contributed by atoms with Crippen molar-refractivity contribution in [2.24, 2.45) is 10.6 Å². The average Bonchev–Trinajstić information content (AvgIpc) is 2.15. The van der Waals surface area contributed by atoms with E-state index < -0.39 is 8.24 Å². The Labute approximate surface area is 96.5 Å². The van der Waals surface area contributed by atoms with Crippen LogP contribution in [0.1, 0.15) is 52.9 Å². The van der Waals surface area contributed by atoms with Crippen molar-refractivity contribution in [2.75, 3.05) is 0 Å². The number of hydrogen-bond acceptors (Lipinski definition) is 1. The summed E-state index contributed by atoms with van der Waals surface area (Å²) >= 11 is 0. The molecule has 0 radical (unpaired) electrons. The third kappa shape index (κ3) is 3.75. The van der Waals surface area contributed by atoms with Crippen molar-refractivity contribution < 1.29 is 0 Å². The molecule has 0 bridgehead atoms. The molecule has 1 aliphatic rings. The van der Waals surface area contributed by atoms with E-state index in [9.17, 15) is 0 Å². The normalized spacial score (nSPS) is 21.1. The maximum Gasteiger partial charge on any atom is 0.179 e. The molecule has 1 fully saturated rings. The summed E-state index contributed by atoms with van der Waals surface area (Å²) in [5.41, 5.74) is 0. The van der Waals surface area contributed by atoms with Crippen molar-refractivity contribution in [2.45, 2.75) is 71.0 Å². The predicted molar refractivity (Wildman–Crippen MR) is 72.3 cm³/mol. The molecule has 0 atom stereocenters. The molecule has 0 aliphatic heterocycles. The first-order valence-corrected chi connectivity index (χ1v) is 9.33. The minimum absolute atomic E-state index is 0.387. The van der Waals surface area contributed by atoms with Gasteiger partial charge in [0.25, 0.3) is 0 Å². The third-order valence-corrected chi connectivity index (χ3v) is 8.56. The summed E-state index contributed by atoms with van der Waals surface area (Å²) in [6.45, 7) is 11.8. The highest BCUT2D eigenvalue weighted by Crippen LogP contribution is 2.36. The molecule has 0 N–H and O–H groups in total. The molecule has 1 nitrogen and oxygen atoms in total. The SMILES string of the molecule is CC(C)(C)[Si](C)(C)/N=C/C1CCCCC1. The van der Waals surface area contributed by atoms with Crippen LogP contribution in [-0.4, -0.2) is 14.5 Å². The number of nitrogens with zero attached hydrogens (tertiary/aromatic N) is 1.